The van der Waals surface area contributed by atoms with E-state index in [1.165, 1.54) is 24.6 Å². The second kappa shape index (κ2) is 6.00. The van der Waals surface area contributed by atoms with Crippen LogP contribution in [0.15, 0.2) is 0 Å². The van der Waals surface area contributed by atoms with Crippen LogP contribution < -0.4 is 5.32 Å². The van der Waals surface area contributed by atoms with E-state index in [1.54, 1.807) is 0 Å². The minimum absolute atomic E-state index is 0.0494. The number of amides is 1. The van der Waals surface area contributed by atoms with Gasteiger partial charge in [0.1, 0.15) is 5.25 Å². The fraction of sp³-hybridized carbons (Fsp3) is 0.800. The van der Waals surface area contributed by atoms with Gasteiger partial charge in [-0.15, -0.1) is 11.8 Å². The Morgan fingerprint density at radius 3 is 2.67 bits per heavy atom. The van der Waals surface area contributed by atoms with Crippen LogP contribution in [0, 0.1) is 5.92 Å². The largest absolute Gasteiger partial charge is 0.480 e. The maximum absolute atomic E-state index is 11.3. The highest BCUT2D eigenvalue weighted by Crippen LogP contribution is 2.27. The van der Waals surface area contributed by atoms with Crippen LogP contribution in [0.3, 0.4) is 0 Å². The van der Waals surface area contributed by atoms with Crippen LogP contribution in [-0.4, -0.2) is 34.5 Å². The quantitative estimate of drug-likeness (QED) is 0.689. The lowest BCUT2D eigenvalue weighted by atomic mass is 10.3. The summed E-state index contributed by atoms with van der Waals surface area (Å²) in [5.41, 5.74) is 0. The molecule has 0 aromatic carbocycles. The van der Waals surface area contributed by atoms with E-state index in [4.69, 9.17) is 5.11 Å². The number of thioether (sulfide) groups is 1. The molecule has 1 rings (SSSR count). The first-order chi connectivity index (χ1) is 7.13. The van der Waals surface area contributed by atoms with E-state index >= 15 is 0 Å². The Morgan fingerprint density at radius 2 is 2.20 bits per heavy atom. The third-order valence-corrected chi connectivity index (χ3v) is 3.71. The molecule has 0 heterocycles. The molecule has 1 aliphatic carbocycles. The van der Waals surface area contributed by atoms with E-state index in [1.807, 2.05) is 6.92 Å². The summed E-state index contributed by atoms with van der Waals surface area (Å²) in [4.78, 5) is 22.0. The number of hydrogen-bond acceptors (Lipinski definition) is 3. The van der Waals surface area contributed by atoms with Gasteiger partial charge in [0.05, 0.1) is 5.75 Å². The molecule has 0 aromatic rings. The lowest BCUT2D eigenvalue weighted by Gasteiger charge is -2.09. The predicted octanol–water partition coefficient (Wildman–Crippen LogP) is 1.11. The summed E-state index contributed by atoms with van der Waals surface area (Å²) in [5.74, 6) is 0.0295. The molecule has 1 aliphatic rings. The summed E-state index contributed by atoms with van der Waals surface area (Å²) in [5, 5.41) is 11.1. The first-order valence-electron chi connectivity index (χ1n) is 5.24. The zero-order valence-electron chi connectivity index (χ0n) is 8.86. The van der Waals surface area contributed by atoms with Crippen molar-refractivity contribution >= 4 is 23.6 Å². The van der Waals surface area contributed by atoms with Crippen molar-refractivity contribution in [2.45, 2.75) is 31.4 Å². The topological polar surface area (TPSA) is 66.4 Å². The van der Waals surface area contributed by atoms with Crippen LogP contribution in [0.5, 0.6) is 0 Å². The maximum Gasteiger partial charge on any atom is 0.316 e. The maximum atomic E-state index is 11.3. The van der Waals surface area contributed by atoms with Gasteiger partial charge in [0.15, 0.2) is 0 Å². The van der Waals surface area contributed by atoms with E-state index in [2.05, 4.69) is 5.32 Å². The second-order valence-electron chi connectivity index (χ2n) is 3.79. The summed E-state index contributed by atoms with van der Waals surface area (Å²) in [6.07, 6.45) is 2.97. The Balaban J connectivity index is 2.10. The molecule has 1 saturated carbocycles. The van der Waals surface area contributed by atoms with Crippen molar-refractivity contribution in [1.82, 2.24) is 5.32 Å². The van der Waals surface area contributed by atoms with Gasteiger partial charge in [0.2, 0.25) is 5.91 Å². The molecule has 2 N–H and O–H groups in total. The zero-order valence-corrected chi connectivity index (χ0v) is 9.68. The number of nitrogens with one attached hydrogen (secondary N) is 1. The molecule has 0 bridgehead atoms. The van der Waals surface area contributed by atoms with Crippen LogP contribution in [0.2, 0.25) is 0 Å². The molecule has 1 atom stereocenters. The van der Waals surface area contributed by atoms with E-state index < -0.39 is 11.2 Å². The number of hydrogen-bond donors (Lipinski definition) is 2. The molecule has 1 unspecified atom stereocenters. The van der Waals surface area contributed by atoms with Gasteiger partial charge >= 0.3 is 5.97 Å². The summed E-state index contributed by atoms with van der Waals surface area (Å²) >= 11 is 1.20. The fourth-order valence-electron chi connectivity index (χ4n) is 1.17. The van der Waals surface area contributed by atoms with Crippen LogP contribution in [0.1, 0.15) is 26.2 Å². The number of aliphatic carboxylic acids is 1. The molecule has 5 heteroatoms. The molecular weight excluding hydrogens is 214 g/mol. The molecule has 0 radical (unpaired) electrons. The molecular formula is C10H17NO3S. The number of carbonyl (C=O) groups excluding carboxylic acids is 1. The lowest BCUT2D eigenvalue weighted by molar-refractivity contribution is -0.136. The third-order valence-electron chi connectivity index (χ3n) is 2.35. The number of carboxylic acid groups (broad SMARTS) is 1. The molecule has 1 amide bonds. The van der Waals surface area contributed by atoms with Gasteiger partial charge in [-0.3, -0.25) is 9.59 Å². The fourth-order valence-corrected chi connectivity index (χ4v) is 2.00. The molecule has 0 spiro atoms. The highest BCUT2D eigenvalue weighted by molar-refractivity contribution is 8.01. The third kappa shape index (κ3) is 5.06. The summed E-state index contributed by atoms with van der Waals surface area (Å²) in [6.45, 7) is 2.57. The van der Waals surface area contributed by atoms with Crippen molar-refractivity contribution in [3.63, 3.8) is 0 Å². The van der Waals surface area contributed by atoms with Crippen molar-refractivity contribution < 1.29 is 14.7 Å². The summed E-state index contributed by atoms with van der Waals surface area (Å²) in [6, 6.07) is 0. The normalized spacial score (nSPS) is 17.1. The van der Waals surface area contributed by atoms with Crippen molar-refractivity contribution in [3.8, 4) is 0 Å². The average Bonchev–Trinajstić information content (AvgIpc) is 2.98. The predicted molar refractivity (Wildman–Crippen MR) is 59.9 cm³/mol. The van der Waals surface area contributed by atoms with Crippen LogP contribution >= 0.6 is 11.8 Å². The first-order valence-corrected chi connectivity index (χ1v) is 6.29. The smallest absolute Gasteiger partial charge is 0.316 e. The van der Waals surface area contributed by atoms with Crippen molar-refractivity contribution in [2.24, 2.45) is 5.92 Å². The Hall–Kier alpha value is -0.710. The zero-order chi connectivity index (χ0) is 11.3. The summed E-state index contributed by atoms with van der Waals surface area (Å²) in [7, 11) is 0. The SMILES string of the molecule is CCC(SCC(=O)NCC1CC1)C(=O)O. The van der Waals surface area contributed by atoms with Crippen LogP contribution in [-0.2, 0) is 9.59 Å². The molecule has 86 valence electrons. The van der Waals surface area contributed by atoms with Crippen molar-refractivity contribution in [1.29, 1.82) is 0 Å². The standard InChI is InChI=1S/C10H17NO3S/c1-2-8(10(13)14)15-6-9(12)11-5-7-3-4-7/h7-8H,2-6H2,1H3,(H,11,12)(H,13,14). The van der Waals surface area contributed by atoms with E-state index in [0.29, 0.717) is 12.3 Å². The van der Waals surface area contributed by atoms with Gasteiger partial charge < -0.3 is 10.4 Å². The molecule has 0 aromatic heterocycles. The Kier molecular flexibility index (Phi) is 4.94. The lowest BCUT2D eigenvalue weighted by Crippen LogP contribution is -2.28. The second-order valence-corrected chi connectivity index (χ2v) is 4.98. The highest BCUT2D eigenvalue weighted by atomic mass is 32.2. The monoisotopic (exact) mass is 231 g/mol. The first kappa shape index (κ1) is 12.4. The van der Waals surface area contributed by atoms with Crippen LogP contribution in [0.4, 0.5) is 0 Å². The van der Waals surface area contributed by atoms with E-state index in [0.717, 1.165) is 6.54 Å². The minimum atomic E-state index is -0.836. The molecule has 0 saturated heterocycles. The molecule has 1 fully saturated rings. The van der Waals surface area contributed by atoms with Crippen LogP contribution in [0.25, 0.3) is 0 Å². The van der Waals surface area contributed by atoms with Gasteiger partial charge in [0, 0.05) is 6.54 Å². The van der Waals surface area contributed by atoms with Gasteiger partial charge in [-0.2, -0.15) is 0 Å². The number of rotatable bonds is 7. The average molecular weight is 231 g/mol. The van der Waals surface area contributed by atoms with Crippen molar-refractivity contribution in [3.05, 3.63) is 0 Å². The minimum Gasteiger partial charge on any atom is -0.480 e. The molecule has 0 aliphatic heterocycles. The Morgan fingerprint density at radius 1 is 1.53 bits per heavy atom. The van der Waals surface area contributed by atoms with Gasteiger partial charge in [-0.1, -0.05) is 6.92 Å². The summed E-state index contributed by atoms with van der Waals surface area (Å²) < 4.78 is 0. The Bertz CT molecular complexity index is 241. The molecule has 4 nitrogen and oxygen atoms in total. The highest BCUT2D eigenvalue weighted by Gasteiger charge is 2.22. The van der Waals surface area contributed by atoms with Gasteiger partial charge in [0.25, 0.3) is 0 Å². The van der Waals surface area contributed by atoms with Crippen molar-refractivity contribution in [2.75, 3.05) is 12.3 Å². The van der Waals surface area contributed by atoms with E-state index in [9.17, 15) is 9.59 Å². The number of carboxylic acids is 1. The van der Waals surface area contributed by atoms with E-state index in [-0.39, 0.29) is 11.7 Å². The Labute approximate surface area is 93.8 Å². The van der Waals surface area contributed by atoms with Gasteiger partial charge in [-0.05, 0) is 25.2 Å². The molecule has 15 heavy (non-hydrogen) atoms. The van der Waals surface area contributed by atoms with Gasteiger partial charge in [-0.25, -0.2) is 0 Å². The number of carbonyl (C=O) groups is 2.